The van der Waals surface area contributed by atoms with E-state index in [4.69, 9.17) is 4.52 Å². The molecule has 1 saturated heterocycles. The number of carbonyl (C=O) groups is 1. The van der Waals surface area contributed by atoms with E-state index in [1.165, 1.54) is 10.8 Å². The van der Waals surface area contributed by atoms with Crippen LogP contribution in [0.25, 0.3) is 11.1 Å². The number of carbonyl (C=O) groups excluding carboxylic acids is 1. The van der Waals surface area contributed by atoms with Crippen molar-refractivity contribution in [1.82, 2.24) is 19.6 Å². The summed E-state index contributed by atoms with van der Waals surface area (Å²) in [5.74, 6) is -0.115. The minimum absolute atomic E-state index is 0.146. The highest BCUT2D eigenvalue weighted by atomic mass is 19.1. The second-order valence-corrected chi connectivity index (χ2v) is 7.07. The summed E-state index contributed by atoms with van der Waals surface area (Å²) < 4.78 is 21.3. The number of nitrogens with one attached hydrogen (secondary N) is 2. The van der Waals surface area contributed by atoms with Crippen molar-refractivity contribution >= 4 is 17.5 Å². The van der Waals surface area contributed by atoms with Crippen LogP contribution in [0, 0.1) is 5.82 Å². The van der Waals surface area contributed by atoms with E-state index >= 15 is 0 Å². The SMILES string of the molecule is CCn1cc(-c2ccc(N3CCN(CC(=O)Nc4ncc[nH]4)CC3)c(F)c2)c(=O)o1. The Morgan fingerprint density at radius 2 is 2.10 bits per heavy atom. The number of nitrogens with zero attached hydrogens (tertiary/aromatic N) is 4. The molecule has 0 spiro atoms. The normalized spacial score (nSPS) is 14.8. The van der Waals surface area contributed by atoms with Gasteiger partial charge >= 0.3 is 5.63 Å². The Bertz CT molecular complexity index is 1070. The monoisotopic (exact) mass is 414 g/mol. The lowest BCUT2D eigenvalue weighted by Gasteiger charge is -2.35. The quantitative estimate of drug-likeness (QED) is 0.638. The van der Waals surface area contributed by atoms with Crippen LogP contribution in [0.1, 0.15) is 6.92 Å². The Morgan fingerprint density at radius 3 is 2.73 bits per heavy atom. The molecule has 30 heavy (non-hydrogen) atoms. The van der Waals surface area contributed by atoms with E-state index in [0.29, 0.717) is 55.5 Å². The third-order valence-corrected chi connectivity index (χ3v) is 5.10. The molecule has 1 aromatic carbocycles. The number of H-pyrrole nitrogens is 1. The highest BCUT2D eigenvalue weighted by Gasteiger charge is 2.22. The molecule has 10 heteroatoms. The molecule has 1 aliphatic heterocycles. The molecule has 0 bridgehead atoms. The van der Waals surface area contributed by atoms with E-state index < -0.39 is 5.63 Å². The van der Waals surface area contributed by atoms with Crippen molar-refractivity contribution in [3.63, 3.8) is 0 Å². The van der Waals surface area contributed by atoms with Crippen LogP contribution in [0.2, 0.25) is 0 Å². The molecule has 0 unspecified atom stereocenters. The van der Waals surface area contributed by atoms with E-state index in [0.717, 1.165) is 0 Å². The van der Waals surface area contributed by atoms with Crippen LogP contribution >= 0.6 is 0 Å². The fraction of sp³-hybridized carbons (Fsp3) is 0.350. The molecule has 3 heterocycles. The summed E-state index contributed by atoms with van der Waals surface area (Å²) in [6, 6.07) is 4.78. The number of halogens is 1. The first-order chi connectivity index (χ1) is 14.5. The van der Waals surface area contributed by atoms with Crippen LogP contribution in [-0.2, 0) is 11.3 Å². The number of hydrogen-bond acceptors (Lipinski definition) is 6. The number of benzene rings is 1. The number of aromatic amines is 1. The highest BCUT2D eigenvalue weighted by Crippen LogP contribution is 2.26. The molecule has 2 aromatic heterocycles. The van der Waals surface area contributed by atoms with Crippen LogP contribution in [0.5, 0.6) is 0 Å². The Labute approximate surface area is 172 Å². The van der Waals surface area contributed by atoms with E-state index in [1.807, 2.05) is 16.7 Å². The van der Waals surface area contributed by atoms with Gasteiger partial charge in [-0.15, -0.1) is 0 Å². The van der Waals surface area contributed by atoms with Crippen molar-refractivity contribution in [3.8, 4) is 11.1 Å². The predicted molar refractivity (Wildman–Crippen MR) is 110 cm³/mol. The molecule has 0 aliphatic carbocycles. The zero-order chi connectivity index (χ0) is 21.1. The average molecular weight is 414 g/mol. The maximum Gasteiger partial charge on any atom is 0.365 e. The van der Waals surface area contributed by atoms with Gasteiger partial charge in [0.2, 0.25) is 11.9 Å². The Balaban J connectivity index is 1.37. The van der Waals surface area contributed by atoms with Gasteiger partial charge in [-0.2, -0.15) is 0 Å². The predicted octanol–water partition coefficient (Wildman–Crippen LogP) is 1.75. The van der Waals surface area contributed by atoms with E-state index in [9.17, 15) is 14.0 Å². The van der Waals surface area contributed by atoms with Gasteiger partial charge in [0.05, 0.1) is 30.5 Å². The summed E-state index contributed by atoms with van der Waals surface area (Å²) in [5, 5.41) is 2.70. The minimum Gasteiger partial charge on any atom is -0.367 e. The number of anilines is 2. The summed E-state index contributed by atoms with van der Waals surface area (Å²) in [7, 11) is 0. The van der Waals surface area contributed by atoms with E-state index in [-0.39, 0.29) is 18.3 Å². The van der Waals surface area contributed by atoms with Gasteiger partial charge in [-0.1, -0.05) is 6.07 Å². The standard InChI is InChI=1S/C20H23FN6O3/c1-2-27-12-15(19(29)30-27)14-3-4-17(16(21)11-14)26-9-7-25(8-10-26)13-18(28)24-20-22-5-6-23-20/h3-6,11-12H,2,7-10,13H2,1H3,(H2,22,23,24,28). The molecule has 0 saturated carbocycles. The molecule has 3 aromatic rings. The topological polar surface area (TPSA) is 99.4 Å². The van der Waals surface area contributed by atoms with Crippen LogP contribution < -0.4 is 15.8 Å². The minimum atomic E-state index is -0.481. The first-order valence-electron chi connectivity index (χ1n) is 9.80. The van der Waals surface area contributed by atoms with Crippen molar-refractivity contribution in [1.29, 1.82) is 0 Å². The van der Waals surface area contributed by atoms with Gasteiger partial charge < -0.3 is 14.4 Å². The van der Waals surface area contributed by atoms with Gasteiger partial charge in [-0.05, 0) is 24.6 Å². The van der Waals surface area contributed by atoms with Crippen molar-refractivity contribution in [2.24, 2.45) is 0 Å². The van der Waals surface area contributed by atoms with Crippen LogP contribution in [0.15, 0.2) is 46.1 Å². The maximum absolute atomic E-state index is 14.8. The molecular weight excluding hydrogens is 391 g/mol. The zero-order valence-corrected chi connectivity index (χ0v) is 16.6. The number of hydrogen-bond donors (Lipinski definition) is 2. The molecule has 0 radical (unpaired) electrons. The number of amides is 1. The van der Waals surface area contributed by atoms with Crippen molar-refractivity contribution in [2.45, 2.75) is 13.5 Å². The molecular formula is C20H23FN6O3. The number of aromatic nitrogens is 3. The molecule has 1 aliphatic rings. The lowest BCUT2D eigenvalue weighted by molar-refractivity contribution is -0.117. The highest BCUT2D eigenvalue weighted by molar-refractivity contribution is 5.90. The maximum atomic E-state index is 14.8. The van der Waals surface area contributed by atoms with E-state index in [1.54, 1.807) is 30.7 Å². The largest absolute Gasteiger partial charge is 0.367 e. The lowest BCUT2D eigenvalue weighted by Crippen LogP contribution is -2.49. The Morgan fingerprint density at radius 1 is 1.30 bits per heavy atom. The van der Waals surface area contributed by atoms with Crippen LogP contribution in [0.3, 0.4) is 0 Å². The smallest absolute Gasteiger partial charge is 0.365 e. The average Bonchev–Trinajstić information content (AvgIpc) is 3.38. The second-order valence-electron chi connectivity index (χ2n) is 7.07. The van der Waals surface area contributed by atoms with Crippen LogP contribution in [-0.4, -0.2) is 58.2 Å². The van der Waals surface area contributed by atoms with Crippen LogP contribution in [0.4, 0.5) is 16.0 Å². The molecule has 158 valence electrons. The lowest BCUT2D eigenvalue weighted by atomic mass is 10.1. The third kappa shape index (κ3) is 4.28. The summed E-state index contributed by atoms with van der Waals surface area (Å²) in [5.41, 5.74) is 0.836. The van der Waals surface area contributed by atoms with Gasteiger partial charge in [0, 0.05) is 38.6 Å². The third-order valence-electron chi connectivity index (χ3n) is 5.10. The van der Waals surface area contributed by atoms with E-state index in [2.05, 4.69) is 15.3 Å². The fourth-order valence-electron chi connectivity index (χ4n) is 3.51. The first kappa shape index (κ1) is 19.9. The summed E-state index contributed by atoms with van der Waals surface area (Å²) >= 11 is 0. The number of rotatable bonds is 6. The van der Waals surface area contributed by atoms with Gasteiger partial charge in [-0.25, -0.2) is 18.9 Å². The second kappa shape index (κ2) is 8.54. The van der Waals surface area contributed by atoms with Gasteiger partial charge in [0.25, 0.3) is 0 Å². The Kier molecular flexibility index (Phi) is 5.66. The molecule has 1 amide bonds. The van der Waals surface area contributed by atoms with Gasteiger partial charge in [0.15, 0.2) is 0 Å². The number of aryl methyl sites for hydroxylation is 1. The molecule has 0 atom stereocenters. The summed E-state index contributed by atoms with van der Waals surface area (Å²) in [6.07, 6.45) is 4.80. The van der Waals surface area contributed by atoms with Crippen molar-refractivity contribution in [3.05, 3.63) is 53.0 Å². The summed E-state index contributed by atoms with van der Waals surface area (Å²) in [6.45, 7) is 5.10. The summed E-state index contributed by atoms with van der Waals surface area (Å²) in [4.78, 5) is 34.8. The van der Waals surface area contributed by atoms with Crippen molar-refractivity contribution in [2.75, 3.05) is 42.9 Å². The van der Waals surface area contributed by atoms with Gasteiger partial charge in [-0.3, -0.25) is 15.0 Å². The Hall–Kier alpha value is -3.40. The molecule has 1 fully saturated rings. The zero-order valence-electron chi connectivity index (χ0n) is 16.6. The molecule has 2 N–H and O–H groups in total. The fourth-order valence-corrected chi connectivity index (χ4v) is 3.51. The number of piperazine rings is 1. The first-order valence-corrected chi connectivity index (χ1v) is 9.80. The molecule has 4 rings (SSSR count). The van der Waals surface area contributed by atoms with Crippen molar-refractivity contribution < 1.29 is 13.7 Å². The molecule has 9 nitrogen and oxygen atoms in total. The van der Waals surface area contributed by atoms with Gasteiger partial charge in [0.1, 0.15) is 5.82 Å². The number of imidazole rings is 1.